The number of nitrogens with one attached hydrogen (secondary N) is 2. The lowest BCUT2D eigenvalue weighted by atomic mass is 9.33. The number of allylic oxidation sites excluding steroid dienone is 1. The van der Waals surface area contributed by atoms with E-state index in [1.807, 2.05) is 20.8 Å². The molecule has 344 valence electrons. The van der Waals surface area contributed by atoms with Crippen LogP contribution in [0.2, 0.25) is 5.02 Å². The Balaban J connectivity index is 1.09. The number of benzene rings is 1. The Morgan fingerprint density at radius 2 is 1.58 bits per heavy atom. The summed E-state index contributed by atoms with van der Waals surface area (Å²) in [6.07, 6.45) is 7.79. The highest BCUT2D eigenvalue weighted by atomic mass is 35.5. The van der Waals surface area contributed by atoms with Gasteiger partial charge in [0, 0.05) is 40.9 Å². The number of aliphatic hydroxyl groups excluding tert-OH is 1. The Labute approximate surface area is 375 Å². The third-order valence-corrected chi connectivity index (χ3v) is 19.5. The lowest BCUT2D eigenvalue weighted by Crippen LogP contribution is -2.66. The summed E-state index contributed by atoms with van der Waals surface area (Å²) in [5.41, 5.74) is 6.52. The molecule has 6 aliphatic rings. The molecule has 5 fully saturated rings. The number of hydrogen-bond acceptors (Lipinski definition) is 8. The number of aliphatic hydroxyl groups is 1. The average Bonchev–Trinajstić information content (AvgIpc) is 3.49. The van der Waals surface area contributed by atoms with Gasteiger partial charge in [0.1, 0.15) is 6.10 Å². The largest absolute Gasteiger partial charge is 0.481 e. The van der Waals surface area contributed by atoms with Crippen molar-refractivity contribution in [2.24, 2.45) is 73.7 Å². The number of amides is 1. The molecule has 10 nitrogen and oxygen atoms in total. The van der Waals surface area contributed by atoms with Crippen molar-refractivity contribution < 1.29 is 34.1 Å². The first-order valence-electron chi connectivity index (χ1n) is 23.7. The minimum Gasteiger partial charge on any atom is -0.481 e. The van der Waals surface area contributed by atoms with Gasteiger partial charge in [-0.2, -0.15) is 0 Å². The summed E-state index contributed by atoms with van der Waals surface area (Å²) in [7, 11) is 0. The van der Waals surface area contributed by atoms with Crippen molar-refractivity contribution in [3.8, 4) is 0 Å². The quantitative estimate of drug-likeness (QED) is 0.122. The Hall–Kier alpha value is -2.79. The highest BCUT2D eigenvalue weighted by Crippen LogP contribution is 2.77. The van der Waals surface area contributed by atoms with E-state index < -0.39 is 40.3 Å². The summed E-state index contributed by atoms with van der Waals surface area (Å²) in [4.78, 5) is 53.1. The lowest BCUT2D eigenvalue weighted by molar-refractivity contribution is -0.238. The molecule has 12 atom stereocenters. The van der Waals surface area contributed by atoms with E-state index in [0.29, 0.717) is 61.3 Å². The van der Waals surface area contributed by atoms with Crippen molar-refractivity contribution in [1.82, 2.24) is 10.6 Å². The maximum atomic E-state index is 14.3. The van der Waals surface area contributed by atoms with Crippen LogP contribution in [0.15, 0.2) is 35.4 Å². The summed E-state index contributed by atoms with van der Waals surface area (Å²) in [5.74, 6) is -0.991. The fourth-order valence-corrected chi connectivity index (χ4v) is 15.5. The van der Waals surface area contributed by atoms with Crippen molar-refractivity contribution in [3.63, 3.8) is 0 Å². The maximum Gasteiger partial charge on any atom is 0.309 e. The number of carboxylic acids is 1. The van der Waals surface area contributed by atoms with Crippen LogP contribution in [0, 0.1) is 68.0 Å². The lowest BCUT2D eigenvalue weighted by Gasteiger charge is -2.72. The standard InChI is InChI=1S/C51H76ClN3O7/c1-29(2)40-35(56)26-51(38(57)27-54-28-47(7,23-24-53)55-42(58)30-11-13-31(52)14-12-30)22-21-49(9)32(41(40)51)15-16-37-48(8)19-18-39(46(5,6)36(48)17-20-50(37,49)10)62-44(61)34-25-33(43(59)60)45(34,3)4/h11-14,29,32-34,36-39,54,57H,15-28,53H2,1-10H3,(H,55,58)(H,59,60)/t32-,33+,34-,36+,37-,38+,39+,47?,48+,49-,50-,51+/m1/s1. The number of nitrogens with two attached hydrogens (primary N) is 1. The predicted octanol–water partition coefficient (Wildman–Crippen LogP) is 8.77. The van der Waals surface area contributed by atoms with E-state index in [1.165, 1.54) is 5.57 Å². The van der Waals surface area contributed by atoms with Crippen LogP contribution in [0.1, 0.15) is 150 Å². The van der Waals surface area contributed by atoms with Crippen LogP contribution in [-0.4, -0.2) is 71.2 Å². The summed E-state index contributed by atoms with van der Waals surface area (Å²) >= 11 is 6.07. The van der Waals surface area contributed by atoms with Gasteiger partial charge in [0.25, 0.3) is 5.91 Å². The van der Waals surface area contributed by atoms with Gasteiger partial charge in [0.2, 0.25) is 0 Å². The van der Waals surface area contributed by atoms with Crippen LogP contribution in [0.4, 0.5) is 0 Å². The fraction of sp³-hybridized carbons (Fsp3) is 0.765. The van der Waals surface area contributed by atoms with E-state index in [9.17, 15) is 29.4 Å². The number of hydrogen-bond donors (Lipinski definition) is 5. The Morgan fingerprint density at radius 3 is 2.19 bits per heavy atom. The van der Waals surface area contributed by atoms with Gasteiger partial charge in [-0.25, -0.2) is 0 Å². The van der Waals surface area contributed by atoms with Gasteiger partial charge in [-0.1, -0.05) is 79.5 Å². The summed E-state index contributed by atoms with van der Waals surface area (Å²) in [6.45, 7) is 23.3. The molecule has 1 aromatic rings. The van der Waals surface area contributed by atoms with Crippen LogP contribution >= 0.6 is 11.6 Å². The van der Waals surface area contributed by atoms with E-state index in [4.69, 9.17) is 22.1 Å². The van der Waals surface area contributed by atoms with E-state index in [-0.39, 0.29) is 57.3 Å². The zero-order chi connectivity index (χ0) is 45.6. The van der Waals surface area contributed by atoms with Crippen LogP contribution in [-0.2, 0) is 19.1 Å². The molecule has 0 aliphatic heterocycles. The smallest absolute Gasteiger partial charge is 0.309 e. The molecule has 11 heteroatoms. The number of carbonyl (C=O) groups is 4. The minimum absolute atomic E-state index is 0.00494. The molecular weight excluding hydrogens is 802 g/mol. The number of ketones is 1. The van der Waals surface area contributed by atoms with Gasteiger partial charge >= 0.3 is 11.9 Å². The van der Waals surface area contributed by atoms with Crippen molar-refractivity contribution in [2.45, 2.75) is 158 Å². The normalized spacial score (nSPS) is 38.4. The minimum atomic E-state index is -0.842. The topological polar surface area (TPSA) is 168 Å². The average molecular weight is 879 g/mol. The second-order valence-corrected chi connectivity index (χ2v) is 23.8. The molecule has 0 heterocycles. The SMILES string of the molecule is CC(C)C1=C2[C@H]3CC[C@@H]4[C@@]5(C)CC[C@H](OC(=O)[C@H]6C[C@@H](C(=O)O)C6(C)C)C(C)(C)[C@@H]5CC[C@@]4(C)[C@]3(C)CC[C@@]2([C@@H](O)CNCC(C)(CCN)NC(=O)c2ccc(Cl)cc2)CC1=O. The molecular formula is C51H76ClN3O7. The second kappa shape index (κ2) is 16.3. The van der Waals surface area contributed by atoms with Crippen LogP contribution in [0.3, 0.4) is 0 Å². The molecule has 0 saturated heterocycles. The first kappa shape index (κ1) is 47.2. The van der Waals surface area contributed by atoms with E-state index >= 15 is 0 Å². The molecule has 62 heavy (non-hydrogen) atoms. The molecule has 6 aliphatic carbocycles. The highest BCUT2D eigenvalue weighted by Gasteiger charge is 2.71. The predicted molar refractivity (Wildman–Crippen MR) is 242 cm³/mol. The number of fused-ring (bicyclic) bond motifs is 7. The molecule has 7 rings (SSSR count). The molecule has 6 N–H and O–H groups in total. The van der Waals surface area contributed by atoms with Gasteiger partial charge in [-0.15, -0.1) is 0 Å². The van der Waals surface area contributed by atoms with Crippen LogP contribution < -0.4 is 16.4 Å². The second-order valence-electron chi connectivity index (χ2n) is 23.3. The van der Waals surface area contributed by atoms with Crippen molar-refractivity contribution in [1.29, 1.82) is 0 Å². The molecule has 0 aromatic heterocycles. The molecule has 1 aromatic carbocycles. The monoisotopic (exact) mass is 878 g/mol. The van der Waals surface area contributed by atoms with Crippen molar-refractivity contribution >= 4 is 35.2 Å². The van der Waals surface area contributed by atoms with Crippen LogP contribution in [0.5, 0.6) is 0 Å². The van der Waals surface area contributed by atoms with Crippen LogP contribution in [0.25, 0.3) is 0 Å². The van der Waals surface area contributed by atoms with E-state index in [2.05, 4.69) is 59.1 Å². The van der Waals surface area contributed by atoms with E-state index in [0.717, 1.165) is 56.9 Å². The molecule has 0 bridgehead atoms. The van der Waals surface area contributed by atoms with Crippen molar-refractivity contribution in [2.75, 3.05) is 19.6 Å². The molecule has 0 spiro atoms. The summed E-state index contributed by atoms with van der Waals surface area (Å²) < 4.78 is 6.43. The zero-order valence-electron chi connectivity index (χ0n) is 39.2. The molecule has 1 unspecified atom stereocenters. The molecule has 1 amide bonds. The third-order valence-electron chi connectivity index (χ3n) is 19.2. The number of esters is 1. The maximum absolute atomic E-state index is 14.3. The number of halogens is 1. The number of ether oxygens (including phenoxy) is 1. The number of aliphatic carboxylic acids is 1. The molecule has 0 radical (unpaired) electrons. The van der Waals surface area contributed by atoms with E-state index in [1.54, 1.807) is 24.3 Å². The third kappa shape index (κ3) is 7.31. The van der Waals surface area contributed by atoms with Gasteiger partial charge in [0.05, 0.1) is 23.5 Å². The van der Waals surface area contributed by atoms with Gasteiger partial charge in [0.15, 0.2) is 5.78 Å². The fourth-order valence-electron chi connectivity index (χ4n) is 15.4. The van der Waals surface area contributed by atoms with Crippen molar-refractivity contribution in [3.05, 3.63) is 46.0 Å². The Morgan fingerprint density at radius 1 is 0.903 bits per heavy atom. The number of carbonyl (C=O) groups excluding carboxylic acids is 3. The first-order chi connectivity index (χ1) is 28.8. The van der Waals surface area contributed by atoms with Gasteiger partial charge in [-0.3, -0.25) is 19.2 Å². The number of rotatable bonds is 13. The summed E-state index contributed by atoms with van der Waals surface area (Å²) in [5, 5.41) is 29.4. The zero-order valence-corrected chi connectivity index (χ0v) is 40.0. The first-order valence-corrected chi connectivity index (χ1v) is 24.1. The molecule has 5 saturated carbocycles. The Bertz CT molecular complexity index is 1980. The Kier molecular flexibility index (Phi) is 12.4. The number of carboxylic acid groups (broad SMARTS) is 1. The number of Topliss-reactive ketones (excluding diaryl/α,β-unsaturated/α-hetero) is 1. The van der Waals surface area contributed by atoms with Gasteiger partial charge in [-0.05, 0) is 153 Å². The summed E-state index contributed by atoms with van der Waals surface area (Å²) in [6, 6.07) is 6.80. The highest BCUT2D eigenvalue weighted by molar-refractivity contribution is 6.30. The van der Waals surface area contributed by atoms with Gasteiger partial charge < -0.3 is 31.3 Å².